The highest BCUT2D eigenvalue weighted by molar-refractivity contribution is 5.38. The van der Waals surface area contributed by atoms with Crippen molar-refractivity contribution in [2.24, 2.45) is 0 Å². The molecular weight excluding hydrogens is 188 g/mol. The number of benzene rings is 1. The fraction of sp³-hybridized carbons (Fsp3) is 0.538. The number of hydrogen-bond acceptors (Lipinski definition) is 2. The lowest BCUT2D eigenvalue weighted by Gasteiger charge is -2.42. The SMILES string of the molecule is Cc1cccc(O[C@H]2CC[C@]2(C)O)c1C. The molecule has 0 saturated heterocycles. The van der Waals surface area contributed by atoms with Crippen LogP contribution >= 0.6 is 0 Å². The van der Waals surface area contributed by atoms with E-state index in [1.54, 1.807) is 0 Å². The van der Waals surface area contributed by atoms with Crippen molar-refractivity contribution in [2.75, 3.05) is 0 Å². The van der Waals surface area contributed by atoms with Gasteiger partial charge < -0.3 is 9.84 Å². The van der Waals surface area contributed by atoms with Crippen molar-refractivity contribution in [3.63, 3.8) is 0 Å². The van der Waals surface area contributed by atoms with Gasteiger partial charge in [0.25, 0.3) is 0 Å². The van der Waals surface area contributed by atoms with Gasteiger partial charge in [0.15, 0.2) is 0 Å². The van der Waals surface area contributed by atoms with Crippen molar-refractivity contribution >= 4 is 0 Å². The summed E-state index contributed by atoms with van der Waals surface area (Å²) >= 11 is 0. The Hall–Kier alpha value is -1.02. The van der Waals surface area contributed by atoms with Crippen LogP contribution in [0.4, 0.5) is 0 Å². The van der Waals surface area contributed by atoms with Crippen LogP contribution in [0, 0.1) is 13.8 Å². The minimum absolute atomic E-state index is 0.0435. The molecule has 2 heteroatoms. The van der Waals surface area contributed by atoms with E-state index in [4.69, 9.17) is 4.74 Å². The second kappa shape index (κ2) is 3.53. The first-order valence-corrected chi connectivity index (χ1v) is 5.46. The summed E-state index contributed by atoms with van der Waals surface area (Å²) in [7, 11) is 0. The van der Waals surface area contributed by atoms with E-state index in [1.807, 2.05) is 19.1 Å². The van der Waals surface area contributed by atoms with E-state index in [0.29, 0.717) is 0 Å². The van der Waals surface area contributed by atoms with Gasteiger partial charge in [0.05, 0.1) is 5.60 Å². The number of hydrogen-bond donors (Lipinski definition) is 1. The second-order valence-electron chi connectivity index (χ2n) is 4.70. The molecule has 0 heterocycles. The van der Waals surface area contributed by atoms with Gasteiger partial charge in [0.1, 0.15) is 11.9 Å². The zero-order chi connectivity index (χ0) is 11.1. The third-order valence-corrected chi connectivity index (χ3v) is 3.43. The van der Waals surface area contributed by atoms with E-state index in [9.17, 15) is 5.11 Å². The Morgan fingerprint density at radius 2 is 2.13 bits per heavy atom. The summed E-state index contributed by atoms with van der Waals surface area (Å²) in [4.78, 5) is 0. The summed E-state index contributed by atoms with van der Waals surface area (Å²) in [6, 6.07) is 6.03. The third kappa shape index (κ3) is 1.86. The van der Waals surface area contributed by atoms with Gasteiger partial charge in [0.2, 0.25) is 0 Å². The maximum Gasteiger partial charge on any atom is 0.127 e. The molecule has 0 amide bonds. The molecule has 0 aliphatic heterocycles. The molecule has 1 N–H and O–H groups in total. The van der Waals surface area contributed by atoms with Crippen LogP contribution < -0.4 is 4.74 Å². The van der Waals surface area contributed by atoms with Gasteiger partial charge in [-0.25, -0.2) is 0 Å². The predicted octanol–water partition coefficient (Wildman–Crippen LogP) is 2.60. The van der Waals surface area contributed by atoms with Crippen molar-refractivity contribution in [2.45, 2.75) is 45.3 Å². The molecule has 1 fully saturated rings. The Kier molecular flexibility index (Phi) is 2.47. The summed E-state index contributed by atoms with van der Waals surface area (Å²) in [6.07, 6.45) is 1.74. The molecule has 1 aromatic rings. The minimum atomic E-state index is -0.643. The van der Waals surface area contributed by atoms with E-state index in [2.05, 4.69) is 19.9 Å². The molecule has 82 valence electrons. The molecule has 2 rings (SSSR count). The first kappa shape index (κ1) is 10.5. The van der Waals surface area contributed by atoms with Crippen LogP contribution in [-0.2, 0) is 0 Å². The van der Waals surface area contributed by atoms with E-state index in [1.165, 1.54) is 11.1 Å². The molecule has 0 aromatic heterocycles. The normalized spacial score (nSPS) is 29.7. The van der Waals surface area contributed by atoms with Crippen molar-refractivity contribution < 1.29 is 9.84 Å². The lowest BCUT2D eigenvalue weighted by atomic mass is 9.78. The first-order chi connectivity index (χ1) is 7.00. The first-order valence-electron chi connectivity index (χ1n) is 5.46. The van der Waals surface area contributed by atoms with Crippen LogP contribution in [0.1, 0.15) is 30.9 Å². The highest BCUT2D eigenvalue weighted by Gasteiger charge is 2.43. The number of rotatable bonds is 2. The second-order valence-corrected chi connectivity index (χ2v) is 4.70. The zero-order valence-corrected chi connectivity index (χ0v) is 9.58. The molecule has 15 heavy (non-hydrogen) atoms. The quantitative estimate of drug-likeness (QED) is 0.806. The summed E-state index contributed by atoms with van der Waals surface area (Å²) in [5.41, 5.74) is 1.75. The van der Waals surface area contributed by atoms with Gasteiger partial charge in [-0.15, -0.1) is 0 Å². The molecular formula is C13H18O2. The fourth-order valence-electron chi connectivity index (χ4n) is 1.87. The number of aliphatic hydroxyl groups is 1. The maximum atomic E-state index is 9.87. The summed E-state index contributed by atoms with van der Waals surface area (Å²) < 4.78 is 5.83. The fourth-order valence-corrected chi connectivity index (χ4v) is 1.87. The largest absolute Gasteiger partial charge is 0.487 e. The standard InChI is InChI=1S/C13H18O2/c1-9-5-4-6-11(10(9)2)15-12-7-8-13(12,3)14/h4-6,12,14H,7-8H2,1-3H3/t12-,13-/m0/s1. The predicted molar refractivity (Wildman–Crippen MR) is 60.2 cm³/mol. The summed E-state index contributed by atoms with van der Waals surface area (Å²) in [5, 5.41) is 9.87. The van der Waals surface area contributed by atoms with E-state index >= 15 is 0 Å². The lowest BCUT2D eigenvalue weighted by Crippen LogP contribution is -2.52. The number of aryl methyl sites for hydroxylation is 1. The highest BCUT2D eigenvalue weighted by Crippen LogP contribution is 2.36. The molecule has 1 aliphatic carbocycles. The van der Waals surface area contributed by atoms with Crippen LogP contribution in [0.25, 0.3) is 0 Å². The van der Waals surface area contributed by atoms with Crippen molar-refractivity contribution in [3.8, 4) is 5.75 Å². The Morgan fingerprint density at radius 3 is 2.67 bits per heavy atom. The Balaban J connectivity index is 2.15. The van der Waals surface area contributed by atoms with Crippen LogP contribution in [0.3, 0.4) is 0 Å². The summed E-state index contributed by atoms with van der Waals surface area (Å²) in [5.74, 6) is 0.903. The lowest BCUT2D eigenvalue weighted by molar-refractivity contribution is -0.118. The van der Waals surface area contributed by atoms with Gasteiger partial charge in [-0.3, -0.25) is 0 Å². The molecule has 2 nitrogen and oxygen atoms in total. The molecule has 0 unspecified atom stereocenters. The molecule has 0 spiro atoms. The van der Waals surface area contributed by atoms with Crippen molar-refractivity contribution in [1.82, 2.24) is 0 Å². The molecule has 1 aliphatic rings. The minimum Gasteiger partial charge on any atom is -0.487 e. The Bertz CT molecular complexity index is 369. The zero-order valence-electron chi connectivity index (χ0n) is 9.58. The Labute approximate surface area is 90.9 Å². The van der Waals surface area contributed by atoms with Crippen LogP contribution in [-0.4, -0.2) is 16.8 Å². The van der Waals surface area contributed by atoms with Gasteiger partial charge in [-0.2, -0.15) is 0 Å². The molecule has 1 aromatic carbocycles. The monoisotopic (exact) mass is 206 g/mol. The van der Waals surface area contributed by atoms with Gasteiger partial charge in [-0.05, 0) is 50.8 Å². The average molecular weight is 206 g/mol. The molecule has 0 bridgehead atoms. The average Bonchev–Trinajstić information content (AvgIpc) is 2.19. The van der Waals surface area contributed by atoms with Crippen molar-refractivity contribution in [3.05, 3.63) is 29.3 Å². The van der Waals surface area contributed by atoms with Crippen LogP contribution in [0.5, 0.6) is 5.75 Å². The number of ether oxygens (including phenoxy) is 1. The molecule has 2 atom stereocenters. The Morgan fingerprint density at radius 1 is 1.40 bits per heavy atom. The topological polar surface area (TPSA) is 29.5 Å². The van der Waals surface area contributed by atoms with E-state index < -0.39 is 5.60 Å². The van der Waals surface area contributed by atoms with Crippen LogP contribution in [0.2, 0.25) is 0 Å². The van der Waals surface area contributed by atoms with E-state index in [-0.39, 0.29) is 6.10 Å². The molecule has 1 saturated carbocycles. The van der Waals surface area contributed by atoms with Gasteiger partial charge in [-0.1, -0.05) is 12.1 Å². The maximum absolute atomic E-state index is 9.87. The van der Waals surface area contributed by atoms with Crippen LogP contribution in [0.15, 0.2) is 18.2 Å². The highest BCUT2D eigenvalue weighted by atomic mass is 16.5. The van der Waals surface area contributed by atoms with E-state index in [0.717, 1.165) is 18.6 Å². The van der Waals surface area contributed by atoms with Gasteiger partial charge >= 0.3 is 0 Å². The molecule has 0 radical (unpaired) electrons. The smallest absolute Gasteiger partial charge is 0.127 e. The third-order valence-electron chi connectivity index (χ3n) is 3.43. The van der Waals surface area contributed by atoms with Gasteiger partial charge in [0, 0.05) is 0 Å². The summed E-state index contributed by atoms with van der Waals surface area (Å²) in [6.45, 7) is 5.96. The van der Waals surface area contributed by atoms with Crippen molar-refractivity contribution in [1.29, 1.82) is 0 Å².